The smallest absolute Gasteiger partial charge is 0.258 e. The van der Waals surface area contributed by atoms with Gasteiger partial charge in [-0.25, -0.2) is 4.98 Å². The van der Waals surface area contributed by atoms with Crippen molar-refractivity contribution in [3.05, 3.63) is 24.2 Å². The predicted molar refractivity (Wildman–Crippen MR) is 102 cm³/mol. The Balaban J connectivity index is 1.37. The van der Waals surface area contributed by atoms with Gasteiger partial charge in [0, 0.05) is 42.6 Å². The molecule has 2 aliphatic rings. The molecule has 8 heteroatoms. The molecule has 1 saturated heterocycles. The van der Waals surface area contributed by atoms with Gasteiger partial charge in [0.25, 0.3) is 5.89 Å². The molecule has 1 saturated carbocycles. The zero-order valence-electron chi connectivity index (χ0n) is 16.2. The van der Waals surface area contributed by atoms with Gasteiger partial charge in [0.15, 0.2) is 5.82 Å². The molecule has 148 valence electrons. The fourth-order valence-corrected chi connectivity index (χ4v) is 3.92. The van der Waals surface area contributed by atoms with Crippen LogP contribution >= 0.6 is 0 Å². The summed E-state index contributed by atoms with van der Waals surface area (Å²) in [4.78, 5) is 34.2. The highest BCUT2D eigenvalue weighted by atomic mass is 16.5. The summed E-state index contributed by atoms with van der Waals surface area (Å²) >= 11 is 0. The van der Waals surface area contributed by atoms with Crippen molar-refractivity contribution >= 4 is 17.6 Å². The van der Waals surface area contributed by atoms with Crippen LogP contribution in [0.25, 0.3) is 11.5 Å². The first-order chi connectivity index (χ1) is 13.5. The van der Waals surface area contributed by atoms with Crippen molar-refractivity contribution < 1.29 is 14.1 Å². The molecule has 2 fully saturated rings. The molecule has 0 bridgehead atoms. The fraction of sp³-hybridized carbons (Fsp3) is 0.550. The third-order valence-electron chi connectivity index (χ3n) is 5.47. The van der Waals surface area contributed by atoms with Crippen LogP contribution in [0, 0.1) is 0 Å². The van der Waals surface area contributed by atoms with E-state index in [9.17, 15) is 9.59 Å². The van der Waals surface area contributed by atoms with E-state index >= 15 is 0 Å². The van der Waals surface area contributed by atoms with Gasteiger partial charge in [-0.05, 0) is 37.8 Å². The lowest BCUT2D eigenvalue weighted by molar-refractivity contribution is -0.141. The second-order valence-electron chi connectivity index (χ2n) is 7.85. The Bertz CT molecular complexity index is 854. The molecule has 4 rings (SSSR count). The summed E-state index contributed by atoms with van der Waals surface area (Å²) in [7, 11) is 0. The molecule has 0 spiro atoms. The number of likely N-dealkylation sites (tertiary alicyclic amines) is 1. The molecule has 1 N–H and O–H groups in total. The number of rotatable bonds is 5. The first kappa shape index (κ1) is 18.6. The fourth-order valence-electron chi connectivity index (χ4n) is 3.92. The van der Waals surface area contributed by atoms with E-state index in [0.29, 0.717) is 24.6 Å². The summed E-state index contributed by atoms with van der Waals surface area (Å²) in [6, 6.07) is 4.08. The van der Waals surface area contributed by atoms with Gasteiger partial charge in [0.2, 0.25) is 11.8 Å². The average Bonchev–Trinajstić information content (AvgIpc) is 3.30. The van der Waals surface area contributed by atoms with Crippen LogP contribution in [0.15, 0.2) is 22.9 Å². The molecule has 0 unspecified atom stereocenters. The Labute approximate surface area is 163 Å². The van der Waals surface area contributed by atoms with E-state index in [1.54, 1.807) is 6.20 Å². The maximum absolute atomic E-state index is 11.9. The molecule has 2 aromatic rings. The number of nitrogens with zero attached hydrogens (tertiary/aromatic N) is 4. The molecular formula is C20H25N5O3. The van der Waals surface area contributed by atoms with Gasteiger partial charge in [-0.1, -0.05) is 19.0 Å². The number of anilines is 1. The molecule has 0 atom stereocenters. The van der Waals surface area contributed by atoms with Gasteiger partial charge in [-0.15, -0.1) is 0 Å². The number of carbonyl (C=O) groups excluding carboxylic acids is 2. The largest absolute Gasteiger partial charge is 0.367 e. The highest BCUT2D eigenvalue weighted by Gasteiger charge is 2.36. The van der Waals surface area contributed by atoms with Crippen molar-refractivity contribution in [3.8, 4) is 11.5 Å². The average molecular weight is 383 g/mol. The summed E-state index contributed by atoms with van der Waals surface area (Å²) < 4.78 is 5.36. The zero-order chi connectivity index (χ0) is 19.7. The minimum Gasteiger partial charge on any atom is -0.367 e. The first-order valence-corrected chi connectivity index (χ1v) is 9.92. The molecule has 1 aliphatic heterocycles. The number of carbonyl (C=O) groups is 2. The number of nitrogens with one attached hydrogen (secondary N) is 1. The number of aromatic nitrogens is 3. The Morgan fingerprint density at radius 1 is 1.14 bits per heavy atom. The summed E-state index contributed by atoms with van der Waals surface area (Å²) in [5.41, 5.74) is 0.832. The zero-order valence-corrected chi connectivity index (χ0v) is 16.2. The second kappa shape index (κ2) is 7.69. The second-order valence-corrected chi connectivity index (χ2v) is 7.85. The topological polar surface area (TPSA) is 101 Å². The monoisotopic (exact) mass is 383 g/mol. The summed E-state index contributed by atoms with van der Waals surface area (Å²) in [6.07, 6.45) is 5.90. The van der Waals surface area contributed by atoms with Crippen LogP contribution in [0.3, 0.4) is 0 Å². The van der Waals surface area contributed by atoms with Crippen molar-refractivity contribution in [2.24, 2.45) is 0 Å². The Kier molecular flexibility index (Phi) is 5.11. The Hall–Kier alpha value is -2.77. The minimum atomic E-state index is -0.0175. The van der Waals surface area contributed by atoms with Crippen LogP contribution in [0.4, 0.5) is 5.82 Å². The van der Waals surface area contributed by atoms with E-state index in [2.05, 4.69) is 20.4 Å². The van der Waals surface area contributed by atoms with Crippen molar-refractivity contribution in [3.63, 3.8) is 0 Å². The van der Waals surface area contributed by atoms with Crippen LogP contribution in [0.1, 0.15) is 64.1 Å². The number of pyridine rings is 1. The maximum Gasteiger partial charge on any atom is 0.258 e. The lowest BCUT2D eigenvalue weighted by Crippen LogP contribution is -2.43. The highest BCUT2D eigenvalue weighted by Crippen LogP contribution is 2.29. The summed E-state index contributed by atoms with van der Waals surface area (Å²) in [5, 5.41) is 7.47. The lowest BCUT2D eigenvalue weighted by Gasteiger charge is -2.34. The van der Waals surface area contributed by atoms with Crippen molar-refractivity contribution in [1.82, 2.24) is 20.0 Å². The molecule has 8 nitrogen and oxygen atoms in total. The Morgan fingerprint density at radius 3 is 2.50 bits per heavy atom. The number of imide groups is 1. The van der Waals surface area contributed by atoms with Gasteiger partial charge >= 0.3 is 0 Å². The lowest BCUT2D eigenvalue weighted by atomic mass is 9.90. The van der Waals surface area contributed by atoms with Crippen molar-refractivity contribution in [2.45, 2.75) is 70.4 Å². The van der Waals surface area contributed by atoms with Gasteiger partial charge < -0.3 is 9.84 Å². The predicted octanol–water partition coefficient (Wildman–Crippen LogP) is 3.13. The van der Waals surface area contributed by atoms with Crippen LogP contribution in [0.2, 0.25) is 0 Å². The molecule has 2 aromatic heterocycles. The van der Waals surface area contributed by atoms with E-state index < -0.39 is 0 Å². The number of hydrogen-bond donors (Lipinski definition) is 1. The van der Waals surface area contributed by atoms with E-state index in [4.69, 9.17) is 4.52 Å². The molecule has 0 aromatic carbocycles. The molecular weight excluding hydrogens is 358 g/mol. The van der Waals surface area contributed by atoms with E-state index in [1.807, 2.05) is 26.0 Å². The van der Waals surface area contributed by atoms with Crippen LogP contribution in [-0.4, -0.2) is 43.9 Å². The quantitative estimate of drug-likeness (QED) is 0.792. The summed E-state index contributed by atoms with van der Waals surface area (Å²) in [5.74, 6) is 2.11. The Morgan fingerprint density at radius 2 is 1.86 bits per heavy atom. The van der Waals surface area contributed by atoms with Gasteiger partial charge in [0.1, 0.15) is 5.82 Å². The molecule has 3 heterocycles. The molecule has 2 amide bonds. The molecule has 28 heavy (non-hydrogen) atoms. The third-order valence-corrected chi connectivity index (χ3v) is 5.47. The SMILES string of the molecule is CC(C)c1noc(-c2ccnc(NC3CCC(N4C(=O)CCC4=O)CC3)c2)n1. The normalized spacial score (nSPS) is 22.9. The van der Waals surface area contributed by atoms with Gasteiger partial charge in [-0.3, -0.25) is 14.5 Å². The molecule has 1 aliphatic carbocycles. The maximum atomic E-state index is 11.9. The highest BCUT2D eigenvalue weighted by molar-refractivity contribution is 6.02. The van der Waals surface area contributed by atoms with E-state index in [-0.39, 0.29) is 29.8 Å². The number of amides is 2. The van der Waals surface area contributed by atoms with Crippen molar-refractivity contribution in [2.75, 3.05) is 5.32 Å². The van der Waals surface area contributed by atoms with Gasteiger partial charge in [-0.2, -0.15) is 4.98 Å². The van der Waals surface area contributed by atoms with E-state index in [1.165, 1.54) is 4.90 Å². The standard InChI is InChI=1S/C20H25N5O3/c1-12(2)19-23-20(28-24-19)13-9-10-21-16(11-13)22-14-3-5-15(6-4-14)25-17(26)7-8-18(25)27/h9-12,14-15H,3-8H2,1-2H3,(H,21,22). The minimum absolute atomic E-state index is 0.0175. The third kappa shape index (κ3) is 3.76. The van der Waals surface area contributed by atoms with Crippen LogP contribution in [0.5, 0.6) is 0 Å². The molecule has 0 radical (unpaired) electrons. The van der Waals surface area contributed by atoms with Gasteiger partial charge in [0.05, 0.1) is 0 Å². The number of hydrogen-bond acceptors (Lipinski definition) is 7. The van der Waals surface area contributed by atoms with E-state index in [0.717, 1.165) is 37.1 Å². The summed E-state index contributed by atoms with van der Waals surface area (Å²) in [6.45, 7) is 4.04. The van der Waals surface area contributed by atoms with Crippen LogP contribution < -0.4 is 5.32 Å². The first-order valence-electron chi connectivity index (χ1n) is 9.92. The van der Waals surface area contributed by atoms with Crippen molar-refractivity contribution in [1.29, 1.82) is 0 Å². The van der Waals surface area contributed by atoms with Crippen LogP contribution in [-0.2, 0) is 9.59 Å².